The van der Waals surface area contributed by atoms with Gasteiger partial charge >= 0.3 is 0 Å². The van der Waals surface area contributed by atoms with E-state index in [4.69, 9.17) is 5.73 Å². The molecule has 2 unspecified atom stereocenters. The van der Waals surface area contributed by atoms with Crippen molar-refractivity contribution < 1.29 is 0 Å². The van der Waals surface area contributed by atoms with Gasteiger partial charge in [0.05, 0.1) is 6.04 Å². The zero-order valence-electron chi connectivity index (χ0n) is 12.2. The first-order valence-electron chi connectivity index (χ1n) is 7.10. The van der Waals surface area contributed by atoms with Crippen LogP contribution in [0.3, 0.4) is 0 Å². The molecule has 0 aliphatic rings. The van der Waals surface area contributed by atoms with Gasteiger partial charge in [-0.3, -0.25) is 9.88 Å². The van der Waals surface area contributed by atoms with E-state index in [1.165, 1.54) is 5.56 Å². The zero-order valence-corrected chi connectivity index (χ0v) is 13.0. The third kappa shape index (κ3) is 3.88. The van der Waals surface area contributed by atoms with Crippen molar-refractivity contribution in [3.63, 3.8) is 0 Å². The van der Waals surface area contributed by atoms with Gasteiger partial charge in [-0.15, -0.1) is 0 Å². The number of nitrogens with zero attached hydrogens (tertiary/aromatic N) is 2. The van der Waals surface area contributed by atoms with Gasteiger partial charge in [0.2, 0.25) is 0 Å². The Kier molecular flexibility index (Phi) is 5.71. The van der Waals surface area contributed by atoms with E-state index in [1.54, 1.807) is 11.3 Å². The predicted molar refractivity (Wildman–Crippen MR) is 85.9 cm³/mol. The van der Waals surface area contributed by atoms with Gasteiger partial charge in [-0.1, -0.05) is 13.0 Å². The average Bonchev–Trinajstić information content (AvgIpc) is 3.00. The Hall–Kier alpha value is -1.23. The largest absolute Gasteiger partial charge is 0.326 e. The van der Waals surface area contributed by atoms with Crippen LogP contribution in [0, 0.1) is 0 Å². The maximum absolute atomic E-state index is 6.33. The van der Waals surface area contributed by atoms with E-state index in [0.29, 0.717) is 0 Å². The molecular formula is C16H23N3S. The van der Waals surface area contributed by atoms with Crippen LogP contribution in [-0.4, -0.2) is 29.5 Å². The molecule has 0 aliphatic carbocycles. The molecule has 0 radical (unpaired) electrons. The number of thiophene rings is 1. The molecule has 108 valence electrons. The summed E-state index contributed by atoms with van der Waals surface area (Å²) in [4.78, 5) is 6.73. The first kappa shape index (κ1) is 15.2. The summed E-state index contributed by atoms with van der Waals surface area (Å²) in [6.45, 7) is 3.11. The summed E-state index contributed by atoms with van der Waals surface area (Å²) in [6.07, 6.45) is 3.78. The minimum atomic E-state index is 0.165. The van der Waals surface area contributed by atoms with Gasteiger partial charge < -0.3 is 5.73 Å². The molecule has 2 heterocycles. The Labute approximate surface area is 125 Å². The van der Waals surface area contributed by atoms with Gasteiger partial charge in [0, 0.05) is 30.9 Å². The van der Waals surface area contributed by atoms with Gasteiger partial charge in [0.25, 0.3) is 0 Å². The van der Waals surface area contributed by atoms with Crippen molar-refractivity contribution in [1.29, 1.82) is 0 Å². The highest BCUT2D eigenvalue weighted by molar-refractivity contribution is 7.07. The van der Waals surface area contributed by atoms with Crippen molar-refractivity contribution in [2.24, 2.45) is 5.73 Å². The summed E-state index contributed by atoms with van der Waals surface area (Å²) in [5, 5.41) is 4.33. The van der Waals surface area contributed by atoms with Crippen LogP contribution >= 0.6 is 11.3 Å². The second-order valence-corrected chi connectivity index (χ2v) is 5.91. The van der Waals surface area contributed by atoms with E-state index in [9.17, 15) is 0 Å². The summed E-state index contributed by atoms with van der Waals surface area (Å²) in [7, 11) is 2.15. The number of hydrogen-bond acceptors (Lipinski definition) is 4. The van der Waals surface area contributed by atoms with Crippen LogP contribution in [-0.2, 0) is 6.42 Å². The predicted octanol–water partition coefficient (Wildman–Crippen LogP) is 3.10. The molecule has 0 spiro atoms. The van der Waals surface area contributed by atoms with Crippen LogP contribution in [0.2, 0.25) is 0 Å². The highest BCUT2D eigenvalue weighted by atomic mass is 32.1. The molecule has 2 atom stereocenters. The van der Waals surface area contributed by atoms with Gasteiger partial charge in [-0.05, 0) is 48.0 Å². The summed E-state index contributed by atoms with van der Waals surface area (Å²) in [5.41, 5.74) is 8.79. The normalized spacial score (nSPS) is 14.4. The molecule has 2 N–H and O–H groups in total. The van der Waals surface area contributed by atoms with Crippen LogP contribution in [0.1, 0.15) is 30.6 Å². The topological polar surface area (TPSA) is 42.1 Å². The second-order valence-electron chi connectivity index (χ2n) is 5.13. The molecule has 2 aromatic rings. The van der Waals surface area contributed by atoms with Crippen molar-refractivity contribution in [2.45, 2.75) is 31.8 Å². The number of likely N-dealkylation sites (N-methyl/N-ethyl adjacent to an activating group) is 1. The Morgan fingerprint density at radius 1 is 1.35 bits per heavy atom. The third-order valence-electron chi connectivity index (χ3n) is 3.68. The van der Waals surface area contributed by atoms with Crippen molar-refractivity contribution >= 4 is 11.3 Å². The Bertz CT molecular complexity index is 484. The highest BCUT2D eigenvalue weighted by Gasteiger charge is 2.23. The minimum Gasteiger partial charge on any atom is -0.326 e. The average molecular weight is 289 g/mol. The van der Waals surface area contributed by atoms with Gasteiger partial charge in [0.15, 0.2) is 0 Å². The summed E-state index contributed by atoms with van der Waals surface area (Å²) in [6, 6.07) is 8.70. The maximum Gasteiger partial charge on any atom is 0.0504 e. The van der Waals surface area contributed by atoms with Crippen LogP contribution in [0.15, 0.2) is 41.2 Å². The van der Waals surface area contributed by atoms with E-state index >= 15 is 0 Å². The van der Waals surface area contributed by atoms with Gasteiger partial charge in [0.1, 0.15) is 0 Å². The lowest BCUT2D eigenvalue weighted by atomic mass is 9.99. The first-order valence-corrected chi connectivity index (χ1v) is 8.04. The van der Waals surface area contributed by atoms with Crippen molar-refractivity contribution in [3.05, 3.63) is 52.5 Å². The zero-order chi connectivity index (χ0) is 14.4. The number of nitrogens with two attached hydrogens (primary N) is 1. The smallest absolute Gasteiger partial charge is 0.0504 e. The van der Waals surface area contributed by atoms with Gasteiger partial charge in [-0.2, -0.15) is 11.3 Å². The molecule has 2 aromatic heterocycles. The Balaban J connectivity index is 2.02. The lowest BCUT2D eigenvalue weighted by Crippen LogP contribution is -2.39. The lowest BCUT2D eigenvalue weighted by Gasteiger charge is -2.32. The molecule has 0 saturated carbocycles. The fraction of sp³-hybridized carbons (Fsp3) is 0.438. The lowest BCUT2D eigenvalue weighted by molar-refractivity contribution is 0.212. The van der Waals surface area contributed by atoms with Crippen molar-refractivity contribution in [1.82, 2.24) is 9.88 Å². The third-order valence-corrected chi connectivity index (χ3v) is 4.38. The molecule has 0 fully saturated rings. The van der Waals surface area contributed by atoms with E-state index in [1.807, 2.05) is 18.3 Å². The number of pyridine rings is 1. The Morgan fingerprint density at radius 2 is 2.20 bits per heavy atom. The molecule has 3 nitrogen and oxygen atoms in total. The number of hydrogen-bond donors (Lipinski definition) is 1. The highest BCUT2D eigenvalue weighted by Crippen LogP contribution is 2.25. The molecule has 0 aromatic carbocycles. The molecule has 0 aliphatic heterocycles. The van der Waals surface area contributed by atoms with Crippen LogP contribution in [0.5, 0.6) is 0 Å². The summed E-state index contributed by atoms with van der Waals surface area (Å²) in [5.74, 6) is 0. The van der Waals surface area contributed by atoms with Crippen molar-refractivity contribution in [3.8, 4) is 0 Å². The number of aromatic nitrogens is 1. The number of rotatable bonds is 7. The summed E-state index contributed by atoms with van der Waals surface area (Å²) < 4.78 is 0. The molecule has 2 rings (SSSR count). The summed E-state index contributed by atoms with van der Waals surface area (Å²) >= 11 is 1.73. The molecular weight excluding hydrogens is 266 g/mol. The Morgan fingerprint density at radius 3 is 2.80 bits per heavy atom. The van der Waals surface area contributed by atoms with Crippen LogP contribution in [0.4, 0.5) is 0 Å². The van der Waals surface area contributed by atoms with E-state index in [2.05, 4.69) is 46.7 Å². The molecule has 4 heteroatoms. The standard InChI is InChI=1S/C16H23N3S/c1-3-15(17)16(13-8-11-20-12-13)19(2)10-7-14-6-4-5-9-18-14/h4-6,8-9,11-12,15-16H,3,7,10,17H2,1-2H3. The van der Waals surface area contributed by atoms with Crippen LogP contribution in [0.25, 0.3) is 0 Å². The first-order chi connectivity index (χ1) is 9.72. The van der Waals surface area contributed by atoms with Gasteiger partial charge in [-0.25, -0.2) is 0 Å². The quantitative estimate of drug-likeness (QED) is 0.851. The van der Waals surface area contributed by atoms with E-state index in [0.717, 1.165) is 25.1 Å². The van der Waals surface area contributed by atoms with Crippen LogP contribution < -0.4 is 5.73 Å². The van der Waals surface area contributed by atoms with Crippen molar-refractivity contribution in [2.75, 3.05) is 13.6 Å². The molecule has 0 amide bonds. The second kappa shape index (κ2) is 7.53. The van der Waals surface area contributed by atoms with E-state index < -0.39 is 0 Å². The minimum absolute atomic E-state index is 0.165. The SMILES string of the molecule is CCC(N)C(c1ccsc1)N(C)CCc1ccccn1. The monoisotopic (exact) mass is 289 g/mol. The molecule has 0 bridgehead atoms. The molecule has 20 heavy (non-hydrogen) atoms. The maximum atomic E-state index is 6.33. The fourth-order valence-corrected chi connectivity index (χ4v) is 3.16. The fourth-order valence-electron chi connectivity index (χ4n) is 2.47. The van der Waals surface area contributed by atoms with E-state index in [-0.39, 0.29) is 12.1 Å². The molecule has 0 saturated heterocycles.